The van der Waals surface area contributed by atoms with E-state index in [1.165, 1.54) is 29.6 Å². The van der Waals surface area contributed by atoms with E-state index in [9.17, 15) is 13.2 Å². The number of terminal acetylenes is 1. The molecule has 0 saturated heterocycles. The summed E-state index contributed by atoms with van der Waals surface area (Å²) in [6, 6.07) is 11.5. The van der Waals surface area contributed by atoms with E-state index in [2.05, 4.69) is 17.8 Å². The maximum absolute atomic E-state index is 13.2. The third kappa shape index (κ3) is 6.10. The quantitative estimate of drug-likeness (QED) is 0.449. The van der Waals surface area contributed by atoms with Crippen LogP contribution in [0.1, 0.15) is 11.1 Å². The van der Waals surface area contributed by atoms with Crippen LogP contribution >= 0.6 is 11.6 Å². The molecule has 1 amide bonds. The summed E-state index contributed by atoms with van der Waals surface area (Å²) < 4.78 is 32.8. The van der Waals surface area contributed by atoms with E-state index in [0.717, 1.165) is 5.56 Å². The van der Waals surface area contributed by atoms with Crippen molar-refractivity contribution in [1.82, 2.24) is 9.62 Å². The zero-order chi connectivity index (χ0) is 22.1. The van der Waals surface area contributed by atoms with Gasteiger partial charge in [0.25, 0.3) is 0 Å². The third-order valence-electron chi connectivity index (χ3n) is 4.32. The Hall–Kier alpha value is -2.79. The molecule has 0 spiro atoms. The number of nitrogens with zero attached hydrogens (tertiary/aromatic N) is 1. The Bertz CT molecular complexity index is 1040. The molecule has 8 heteroatoms. The van der Waals surface area contributed by atoms with Crippen LogP contribution in [0, 0.1) is 12.3 Å². The number of amides is 1. The van der Waals surface area contributed by atoms with Crippen molar-refractivity contribution in [3.8, 4) is 18.1 Å². The molecule has 6 nitrogen and oxygen atoms in total. The molecule has 2 rings (SSSR count). The zero-order valence-corrected chi connectivity index (χ0v) is 18.2. The Kier molecular flexibility index (Phi) is 8.48. The molecule has 0 radical (unpaired) electrons. The van der Waals surface area contributed by atoms with E-state index < -0.39 is 10.0 Å². The fraction of sp³-hybridized carbons (Fsp3) is 0.227. The maximum Gasteiger partial charge on any atom is 0.244 e. The van der Waals surface area contributed by atoms with E-state index in [1.54, 1.807) is 30.3 Å². The van der Waals surface area contributed by atoms with Crippen LogP contribution in [0.25, 0.3) is 0 Å². The van der Waals surface area contributed by atoms with Crippen LogP contribution in [0.2, 0.25) is 5.02 Å². The van der Waals surface area contributed by atoms with Crippen molar-refractivity contribution in [2.45, 2.75) is 17.9 Å². The number of carbonyl (C=O) groups excluding carboxylic acids is 1. The average molecular weight is 447 g/mol. The van der Waals surface area contributed by atoms with Crippen molar-refractivity contribution >= 4 is 27.5 Å². The second-order valence-electron chi connectivity index (χ2n) is 6.32. The lowest BCUT2D eigenvalue weighted by Gasteiger charge is -2.21. The van der Waals surface area contributed by atoms with Gasteiger partial charge < -0.3 is 10.1 Å². The molecule has 0 saturated carbocycles. The SMILES string of the molecule is C#CCN(Cc1cc(Cl)ccc1OC)S(=O)(=O)c1ccc(CCNC(=O)C=C)cc1. The molecule has 0 aromatic heterocycles. The third-order valence-corrected chi connectivity index (χ3v) is 6.36. The van der Waals surface area contributed by atoms with Crippen LogP contribution in [-0.4, -0.2) is 38.8 Å². The predicted octanol–water partition coefficient (Wildman–Crippen LogP) is 3.02. The minimum atomic E-state index is -3.84. The van der Waals surface area contributed by atoms with Crippen LogP contribution in [0.5, 0.6) is 5.75 Å². The molecule has 0 atom stereocenters. The lowest BCUT2D eigenvalue weighted by Crippen LogP contribution is -2.31. The number of carbonyl (C=O) groups is 1. The van der Waals surface area contributed by atoms with E-state index >= 15 is 0 Å². The monoisotopic (exact) mass is 446 g/mol. The smallest absolute Gasteiger partial charge is 0.244 e. The van der Waals surface area contributed by atoms with Crippen LogP contribution < -0.4 is 10.1 Å². The van der Waals surface area contributed by atoms with Crippen LogP contribution in [0.3, 0.4) is 0 Å². The van der Waals surface area contributed by atoms with Gasteiger partial charge in [-0.3, -0.25) is 4.79 Å². The highest BCUT2D eigenvalue weighted by Crippen LogP contribution is 2.26. The molecule has 0 heterocycles. The number of rotatable bonds is 10. The minimum absolute atomic E-state index is 0.0194. The molecule has 0 fully saturated rings. The van der Waals surface area contributed by atoms with Crippen molar-refractivity contribution in [3.05, 3.63) is 71.3 Å². The molecule has 2 aromatic rings. The van der Waals surface area contributed by atoms with E-state index in [4.69, 9.17) is 22.8 Å². The lowest BCUT2D eigenvalue weighted by molar-refractivity contribution is -0.116. The summed E-state index contributed by atoms with van der Waals surface area (Å²) in [5.41, 5.74) is 1.50. The highest BCUT2D eigenvalue weighted by Gasteiger charge is 2.25. The number of hydrogen-bond donors (Lipinski definition) is 1. The van der Waals surface area contributed by atoms with Gasteiger partial charge in [-0.2, -0.15) is 4.31 Å². The Morgan fingerprint density at radius 2 is 2.00 bits per heavy atom. The van der Waals surface area contributed by atoms with Gasteiger partial charge >= 0.3 is 0 Å². The highest BCUT2D eigenvalue weighted by molar-refractivity contribution is 7.89. The Morgan fingerprint density at radius 1 is 1.30 bits per heavy atom. The van der Waals surface area contributed by atoms with Gasteiger partial charge in [0.05, 0.1) is 18.6 Å². The number of ether oxygens (including phenoxy) is 1. The maximum atomic E-state index is 13.2. The fourth-order valence-corrected chi connectivity index (χ4v) is 4.29. The van der Waals surface area contributed by atoms with E-state index in [0.29, 0.717) is 29.3 Å². The first-order valence-corrected chi connectivity index (χ1v) is 10.9. The van der Waals surface area contributed by atoms with Crippen molar-refractivity contribution in [2.24, 2.45) is 0 Å². The topological polar surface area (TPSA) is 75.7 Å². The van der Waals surface area contributed by atoms with Crippen molar-refractivity contribution in [3.63, 3.8) is 0 Å². The largest absolute Gasteiger partial charge is 0.496 e. The summed E-state index contributed by atoms with van der Waals surface area (Å²) in [4.78, 5) is 11.3. The number of sulfonamides is 1. The fourth-order valence-electron chi connectivity index (χ4n) is 2.77. The molecule has 158 valence electrons. The molecule has 0 aliphatic carbocycles. The molecule has 0 aliphatic heterocycles. The standard InChI is InChI=1S/C22H23ClN2O4S/c1-4-14-25(16-18-15-19(23)8-11-21(18)29-3)30(27,28)20-9-6-17(7-10-20)12-13-24-22(26)5-2/h1,5-11,15H,2,12-14,16H2,3H3,(H,24,26). The summed E-state index contributed by atoms with van der Waals surface area (Å²) in [6.45, 7) is 3.73. The molecule has 1 N–H and O–H groups in total. The van der Waals surface area contributed by atoms with Gasteiger partial charge in [0.15, 0.2) is 0 Å². The molecule has 0 unspecified atom stereocenters. The number of halogens is 1. The van der Waals surface area contributed by atoms with Gasteiger partial charge in [-0.25, -0.2) is 8.42 Å². The Morgan fingerprint density at radius 3 is 2.60 bits per heavy atom. The zero-order valence-electron chi connectivity index (χ0n) is 16.6. The summed E-state index contributed by atoms with van der Waals surface area (Å²) in [6.07, 6.45) is 7.18. The first-order valence-electron chi connectivity index (χ1n) is 9.07. The van der Waals surface area contributed by atoms with Gasteiger partial charge in [-0.15, -0.1) is 6.42 Å². The average Bonchev–Trinajstić information content (AvgIpc) is 2.73. The summed E-state index contributed by atoms with van der Waals surface area (Å²) in [5, 5.41) is 3.14. The van der Waals surface area contributed by atoms with Gasteiger partial charge in [0, 0.05) is 23.7 Å². The molecular weight excluding hydrogens is 424 g/mol. The predicted molar refractivity (Wildman–Crippen MR) is 118 cm³/mol. The van der Waals surface area contributed by atoms with Crippen molar-refractivity contribution in [1.29, 1.82) is 0 Å². The van der Waals surface area contributed by atoms with Crippen molar-refractivity contribution < 1.29 is 17.9 Å². The summed E-state index contributed by atoms with van der Waals surface area (Å²) in [5.74, 6) is 2.66. The van der Waals surface area contributed by atoms with Crippen LogP contribution in [0.4, 0.5) is 0 Å². The molecule has 0 aliphatic rings. The molecule has 0 bridgehead atoms. The second-order valence-corrected chi connectivity index (χ2v) is 8.70. The number of nitrogens with one attached hydrogen (secondary N) is 1. The number of hydrogen-bond acceptors (Lipinski definition) is 4. The number of benzene rings is 2. The van der Waals surface area contributed by atoms with Crippen molar-refractivity contribution in [2.75, 3.05) is 20.2 Å². The normalized spacial score (nSPS) is 11.0. The summed E-state index contributed by atoms with van der Waals surface area (Å²) in [7, 11) is -2.34. The van der Waals surface area contributed by atoms with Gasteiger partial charge in [-0.1, -0.05) is 36.2 Å². The Balaban J connectivity index is 2.21. The Labute approximate surface area is 182 Å². The minimum Gasteiger partial charge on any atom is -0.496 e. The highest BCUT2D eigenvalue weighted by atomic mass is 35.5. The molecule has 30 heavy (non-hydrogen) atoms. The number of methoxy groups -OCH3 is 1. The van der Waals surface area contributed by atoms with Crippen LogP contribution in [0.15, 0.2) is 60.0 Å². The van der Waals surface area contributed by atoms with Crippen LogP contribution in [-0.2, 0) is 27.8 Å². The van der Waals surface area contributed by atoms with E-state index in [-0.39, 0.29) is 23.9 Å². The van der Waals surface area contributed by atoms with Gasteiger partial charge in [-0.05, 0) is 48.4 Å². The molecule has 2 aromatic carbocycles. The second kappa shape index (κ2) is 10.8. The first-order chi connectivity index (χ1) is 14.3. The molecular formula is C22H23ClN2O4S. The van der Waals surface area contributed by atoms with Gasteiger partial charge in [0.2, 0.25) is 15.9 Å². The summed E-state index contributed by atoms with van der Waals surface area (Å²) >= 11 is 6.06. The first kappa shape index (κ1) is 23.5. The van der Waals surface area contributed by atoms with E-state index in [1.807, 2.05) is 0 Å². The van der Waals surface area contributed by atoms with Gasteiger partial charge in [0.1, 0.15) is 5.75 Å². The lowest BCUT2D eigenvalue weighted by atomic mass is 10.1.